The predicted molar refractivity (Wildman–Crippen MR) is 40.3 cm³/mol. The molecular formula is C8H14FNO. The van der Waals surface area contributed by atoms with E-state index in [1.54, 1.807) is 0 Å². The summed E-state index contributed by atoms with van der Waals surface area (Å²) in [6, 6.07) is 0. The fraction of sp³-hybridized carbons (Fsp3) is 1.00. The quantitative estimate of drug-likeness (QED) is 0.655. The van der Waals surface area contributed by atoms with Crippen molar-refractivity contribution in [1.82, 2.24) is 5.32 Å². The van der Waals surface area contributed by atoms with Gasteiger partial charge in [-0.3, -0.25) is 0 Å². The van der Waals surface area contributed by atoms with Crippen molar-refractivity contribution in [3.63, 3.8) is 0 Å². The minimum atomic E-state index is -0.345. The van der Waals surface area contributed by atoms with Crippen molar-refractivity contribution in [3.05, 3.63) is 0 Å². The van der Waals surface area contributed by atoms with Crippen LogP contribution in [0.25, 0.3) is 0 Å². The van der Waals surface area contributed by atoms with Gasteiger partial charge in [0.1, 0.15) is 6.67 Å². The van der Waals surface area contributed by atoms with Gasteiger partial charge in [0.15, 0.2) is 0 Å². The first-order valence-electron chi connectivity index (χ1n) is 4.23. The SMILES string of the molecule is FCCOC1CC2(CNC2)C1. The van der Waals surface area contributed by atoms with Crippen molar-refractivity contribution in [1.29, 1.82) is 0 Å². The molecule has 2 aliphatic rings. The van der Waals surface area contributed by atoms with Gasteiger partial charge in [-0.2, -0.15) is 0 Å². The molecule has 2 fully saturated rings. The Hall–Kier alpha value is -0.150. The number of nitrogens with one attached hydrogen (secondary N) is 1. The lowest BCUT2D eigenvalue weighted by Gasteiger charge is -2.53. The minimum Gasteiger partial charge on any atom is -0.375 e. The lowest BCUT2D eigenvalue weighted by Crippen LogP contribution is -2.62. The van der Waals surface area contributed by atoms with Gasteiger partial charge in [0.05, 0.1) is 12.7 Å². The first kappa shape index (κ1) is 7.50. The molecule has 1 spiro atoms. The van der Waals surface area contributed by atoms with Crippen molar-refractivity contribution in [2.45, 2.75) is 18.9 Å². The van der Waals surface area contributed by atoms with Crippen LogP contribution in [0.1, 0.15) is 12.8 Å². The molecule has 0 atom stereocenters. The lowest BCUT2D eigenvalue weighted by molar-refractivity contribution is -0.105. The van der Waals surface area contributed by atoms with Crippen molar-refractivity contribution >= 4 is 0 Å². The zero-order valence-corrected chi connectivity index (χ0v) is 6.61. The Morgan fingerprint density at radius 2 is 2.18 bits per heavy atom. The monoisotopic (exact) mass is 159 g/mol. The normalized spacial score (nSPS) is 28.1. The smallest absolute Gasteiger partial charge is 0.113 e. The molecule has 0 amide bonds. The molecule has 11 heavy (non-hydrogen) atoms. The Morgan fingerprint density at radius 3 is 2.64 bits per heavy atom. The number of hydrogen-bond acceptors (Lipinski definition) is 2. The maximum absolute atomic E-state index is 11.7. The van der Waals surface area contributed by atoms with Gasteiger partial charge in [0.25, 0.3) is 0 Å². The van der Waals surface area contributed by atoms with Gasteiger partial charge < -0.3 is 10.1 Å². The van der Waals surface area contributed by atoms with Crippen LogP contribution in [0, 0.1) is 5.41 Å². The highest BCUT2D eigenvalue weighted by Gasteiger charge is 2.48. The third kappa shape index (κ3) is 1.27. The Kier molecular flexibility index (Phi) is 1.85. The molecule has 0 aromatic heterocycles. The van der Waals surface area contributed by atoms with E-state index in [-0.39, 0.29) is 13.3 Å². The lowest BCUT2D eigenvalue weighted by atomic mass is 9.63. The molecule has 2 nitrogen and oxygen atoms in total. The molecule has 0 aromatic carbocycles. The summed E-state index contributed by atoms with van der Waals surface area (Å²) in [6.07, 6.45) is 2.63. The molecule has 3 heteroatoms. The second-order valence-corrected chi connectivity index (χ2v) is 3.69. The van der Waals surface area contributed by atoms with E-state index >= 15 is 0 Å². The van der Waals surface area contributed by atoms with Crippen molar-refractivity contribution < 1.29 is 9.13 Å². The Labute approximate surface area is 66.1 Å². The topological polar surface area (TPSA) is 21.3 Å². The van der Waals surface area contributed by atoms with E-state index in [2.05, 4.69) is 5.32 Å². The van der Waals surface area contributed by atoms with E-state index in [0.717, 1.165) is 25.9 Å². The van der Waals surface area contributed by atoms with Gasteiger partial charge in [-0.25, -0.2) is 4.39 Å². The molecule has 0 bridgehead atoms. The number of ether oxygens (including phenoxy) is 1. The number of alkyl halides is 1. The summed E-state index contributed by atoms with van der Waals surface area (Å²) in [6.45, 7) is 2.22. The summed E-state index contributed by atoms with van der Waals surface area (Å²) in [5, 5.41) is 3.25. The van der Waals surface area contributed by atoms with Gasteiger partial charge in [0, 0.05) is 18.5 Å². The molecule has 1 N–H and O–H groups in total. The zero-order chi connectivity index (χ0) is 7.73. The van der Waals surface area contributed by atoms with E-state index in [1.807, 2.05) is 0 Å². The largest absolute Gasteiger partial charge is 0.375 e. The summed E-state index contributed by atoms with van der Waals surface area (Å²) in [4.78, 5) is 0. The molecular weight excluding hydrogens is 145 g/mol. The highest BCUT2D eigenvalue weighted by Crippen LogP contribution is 2.45. The molecule has 0 aromatic rings. The molecule has 0 unspecified atom stereocenters. The van der Waals surface area contributed by atoms with Crippen LogP contribution in [0.4, 0.5) is 4.39 Å². The van der Waals surface area contributed by atoms with E-state index < -0.39 is 0 Å². The highest BCUT2D eigenvalue weighted by atomic mass is 19.1. The number of halogens is 1. The predicted octanol–water partition coefficient (Wildman–Crippen LogP) is 0.724. The fourth-order valence-corrected chi connectivity index (χ4v) is 2.00. The Morgan fingerprint density at radius 1 is 1.45 bits per heavy atom. The number of rotatable bonds is 3. The zero-order valence-electron chi connectivity index (χ0n) is 6.61. The Bertz CT molecular complexity index is 139. The molecule has 2 rings (SSSR count). The van der Waals surface area contributed by atoms with Crippen molar-refractivity contribution in [3.8, 4) is 0 Å². The third-order valence-electron chi connectivity index (χ3n) is 2.75. The molecule has 1 aliphatic carbocycles. The summed E-state index contributed by atoms with van der Waals surface area (Å²) in [5.41, 5.74) is 0.557. The second kappa shape index (κ2) is 2.72. The minimum absolute atomic E-state index is 0.286. The highest BCUT2D eigenvalue weighted by molar-refractivity contribution is 5.03. The van der Waals surface area contributed by atoms with Crippen LogP contribution >= 0.6 is 0 Å². The van der Waals surface area contributed by atoms with Crippen LogP contribution in [0.2, 0.25) is 0 Å². The molecule has 0 radical (unpaired) electrons. The number of hydrogen-bond donors (Lipinski definition) is 1. The van der Waals surface area contributed by atoms with Crippen molar-refractivity contribution in [2.24, 2.45) is 5.41 Å². The molecule has 1 saturated carbocycles. The maximum Gasteiger partial charge on any atom is 0.113 e. The van der Waals surface area contributed by atoms with Crippen LogP contribution in [-0.4, -0.2) is 32.5 Å². The van der Waals surface area contributed by atoms with Gasteiger partial charge in [-0.05, 0) is 12.8 Å². The first-order chi connectivity index (χ1) is 5.35. The maximum atomic E-state index is 11.7. The average Bonchev–Trinajstić information content (AvgIpc) is 1.81. The Balaban J connectivity index is 1.63. The van der Waals surface area contributed by atoms with E-state index in [0.29, 0.717) is 11.5 Å². The van der Waals surface area contributed by atoms with E-state index in [9.17, 15) is 4.39 Å². The van der Waals surface area contributed by atoms with Gasteiger partial charge in [-0.15, -0.1) is 0 Å². The molecule has 1 saturated heterocycles. The van der Waals surface area contributed by atoms with E-state index in [1.165, 1.54) is 0 Å². The first-order valence-corrected chi connectivity index (χ1v) is 4.23. The van der Waals surface area contributed by atoms with Gasteiger partial charge in [-0.1, -0.05) is 0 Å². The van der Waals surface area contributed by atoms with Crippen LogP contribution < -0.4 is 5.32 Å². The molecule has 1 aliphatic heterocycles. The summed E-state index contributed by atoms with van der Waals surface area (Å²) >= 11 is 0. The van der Waals surface area contributed by atoms with Crippen LogP contribution in [-0.2, 0) is 4.74 Å². The fourth-order valence-electron chi connectivity index (χ4n) is 2.00. The van der Waals surface area contributed by atoms with Crippen LogP contribution in [0.5, 0.6) is 0 Å². The van der Waals surface area contributed by atoms with Gasteiger partial charge in [0.2, 0.25) is 0 Å². The summed E-state index contributed by atoms with van der Waals surface area (Å²) in [5.74, 6) is 0. The standard InChI is InChI=1S/C8H14FNO/c9-1-2-11-7-3-8(4-7)5-10-6-8/h7,10H,1-6H2. The van der Waals surface area contributed by atoms with Crippen LogP contribution in [0.3, 0.4) is 0 Å². The molecule has 64 valence electrons. The van der Waals surface area contributed by atoms with Crippen LogP contribution in [0.15, 0.2) is 0 Å². The second-order valence-electron chi connectivity index (χ2n) is 3.69. The average molecular weight is 159 g/mol. The van der Waals surface area contributed by atoms with E-state index in [4.69, 9.17) is 4.74 Å². The summed E-state index contributed by atoms with van der Waals surface area (Å²) < 4.78 is 16.9. The summed E-state index contributed by atoms with van der Waals surface area (Å²) in [7, 11) is 0. The van der Waals surface area contributed by atoms with Crippen molar-refractivity contribution in [2.75, 3.05) is 26.4 Å². The van der Waals surface area contributed by atoms with Gasteiger partial charge >= 0.3 is 0 Å². The molecule has 1 heterocycles. The third-order valence-corrected chi connectivity index (χ3v) is 2.75.